The topological polar surface area (TPSA) is 190 Å². The lowest BCUT2D eigenvalue weighted by Gasteiger charge is -2.07. The van der Waals surface area contributed by atoms with Gasteiger partial charge in [0.15, 0.2) is 12.2 Å². The number of aliphatic carboxylic acids is 4. The minimum Gasteiger partial charge on any atom is -0.479 e. The predicted molar refractivity (Wildman–Crippen MR) is 50.3 cm³/mol. The van der Waals surface area contributed by atoms with Gasteiger partial charge >= 0.3 is 23.9 Å². The second-order valence-electron chi connectivity index (χ2n) is 2.43. The Morgan fingerprint density at radius 2 is 0.889 bits per heavy atom. The van der Waals surface area contributed by atoms with Gasteiger partial charge in [-0.2, -0.15) is 0 Å². The van der Waals surface area contributed by atoms with E-state index in [1.807, 2.05) is 0 Å². The molecule has 100 valence electrons. The minimum atomic E-state index is -2.27. The number of aliphatic hydroxyl groups is 2. The van der Waals surface area contributed by atoms with Crippen molar-refractivity contribution in [3.63, 3.8) is 0 Å². The van der Waals surface area contributed by atoms with E-state index in [9.17, 15) is 19.2 Å². The third-order valence-electron chi connectivity index (χ3n) is 1.08. The van der Waals surface area contributed by atoms with Gasteiger partial charge in [-0.05, 0) is 0 Å². The van der Waals surface area contributed by atoms with Crippen LogP contribution in [0, 0.1) is 11.8 Å². The Morgan fingerprint density at radius 1 is 0.667 bits per heavy atom. The molecule has 0 aliphatic heterocycles. The number of hydrogen-bond acceptors (Lipinski definition) is 6. The quantitative estimate of drug-likeness (QED) is 0.287. The van der Waals surface area contributed by atoms with Crippen molar-refractivity contribution in [1.82, 2.24) is 0 Å². The molecule has 0 spiro atoms. The van der Waals surface area contributed by atoms with Crippen molar-refractivity contribution in [3.8, 4) is 11.8 Å². The van der Waals surface area contributed by atoms with Gasteiger partial charge in [-0.25, -0.2) is 19.2 Å². The summed E-state index contributed by atoms with van der Waals surface area (Å²) >= 11 is 0. The lowest BCUT2D eigenvalue weighted by Crippen LogP contribution is -2.39. The van der Waals surface area contributed by atoms with E-state index in [1.54, 1.807) is 0 Å². The van der Waals surface area contributed by atoms with Crippen molar-refractivity contribution in [2.45, 2.75) is 12.2 Å². The Kier molecular flexibility index (Phi) is 8.38. The van der Waals surface area contributed by atoms with E-state index >= 15 is 0 Å². The van der Waals surface area contributed by atoms with E-state index in [0.717, 1.165) is 0 Å². The number of hydrogen-bond donors (Lipinski definition) is 6. The van der Waals surface area contributed by atoms with Crippen LogP contribution in [0.2, 0.25) is 0 Å². The van der Waals surface area contributed by atoms with Crippen LogP contribution < -0.4 is 0 Å². The van der Waals surface area contributed by atoms with Crippen molar-refractivity contribution >= 4 is 23.9 Å². The maximum absolute atomic E-state index is 9.77. The van der Waals surface area contributed by atoms with Crippen molar-refractivity contribution in [2.75, 3.05) is 0 Å². The van der Waals surface area contributed by atoms with Gasteiger partial charge in [0.2, 0.25) is 0 Å². The van der Waals surface area contributed by atoms with Gasteiger partial charge in [0.05, 0.1) is 0 Å². The zero-order chi connectivity index (χ0) is 14.9. The van der Waals surface area contributed by atoms with Crippen LogP contribution >= 0.6 is 0 Å². The van der Waals surface area contributed by atoms with Crippen LogP contribution in [-0.2, 0) is 19.2 Å². The molecule has 2 unspecified atom stereocenters. The molecule has 0 aromatic rings. The minimum absolute atomic E-state index is 1.41. The third kappa shape index (κ3) is 9.90. The summed E-state index contributed by atoms with van der Waals surface area (Å²) in [6.45, 7) is 0. The average Bonchev–Trinajstić information content (AvgIpc) is 2.24. The van der Waals surface area contributed by atoms with Gasteiger partial charge in [-0.3, -0.25) is 0 Å². The Morgan fingerprint density at radius 3 is 1.00 bits per heavy atom. The summed E-state index contributed by atoms with van der Waals surface area (Å²) in [5.41, 5.74) is 0. The summed E-state index contributed by atoms with van der Waals surface area (Å²) in [7, 11) is 0. The number of carbonyl (C=O) groups is 4. The molecule has 0 saturated carbocycles. The average molecular weight is 264 g/mol. The summed E-state index contributed by atoms with van der Waals surface area (Å²) in [6.07, 6.45) is -4.53. The first-order chi connectivity index (χ1) is 8.09. The van der Waals surface area contributed by atoms with Gasteiger partial charge in [-0.1, -0.05) is 0 Å². The number of rotatable bonds is 3. The normalized spacial score (nSPS) is 11.7. The van der Waals surface area contributed by atoms with Gasteiger partial charge in [0.1, 0.15) is 0 Å². The fraction of sp³-hybridized carbons (Fsp3) is 0.250. The second kappa shape index (κ2) is 8.50. The Labute approximate surface area is 98.7 Å². The monoisotopic (exact) mass is 264 g/mol. The fourth-order valence-corrected chi connectivity index (χ4v) is 0.377. The lowest BCUT2D eigenvalue weighted by atomic mass is 10.2. The van der Waals surface area contributed by atoms with Gasteiger partial charge in [-0.15, -0.1) is 0 Å². The highest BCUT2D eigenvalue weighted by atomic mass is 16.4. The van der Waals surface area contributed by atoms with Crippen molar-refractivity contribution in [2.24, 2.45) is 0 Å². The summed E-state index contributed by atoms with van der Waals surface area (Å²) in [4.78, 5) is 38.5. The maximum Gasteiger partial charge on any atom is 0.382 e. The number of carboxylic acids is 4. The first-order valence-corrected chi connectivity index (χ1v) is 3.89. The molecule has 2 atom stereocenters. The van der Waals surface area contributed by atoms with Gasteiger partial charge in [0, 0.05) is 11.8 Å². The maximum atomic E-state index is 9.77. The summed E-state index contributed by atoms with van der Waals surface area (Å²) in [5, 5.41) is 48.0. The zero-order valence-corrected chi connectivity index (χ0v) is 8.47. The summed E-state index contributed by atoms with van der Waals surface area (Å²) in [6, 6.07) is 0. The van der Waals surface area contributed by atoms with Crippen LogP contribution in [0.15, 0.2) is 0 Å². The molecule has 0 amide bonds. The van der Waals surface area contributed by atoms with Gasteiger partial charge in [0.25, 0.3) is 0 Å². The highest BCUT2D eigenvalue weighted by molar-refractivity contribution is 5.96. The Hall–Kier alpha value is -2.64. The predicted octanol–water partition coefficient (Wildman–Crippen LogP) is -2.96. The molecule has 0 aromatic heterocycles. The lowest BCUT2D eigenvalue weighted by molar-refractivity contribution is -0.165. The van der Waals surface area contributed by atoms with Crippen LogP contribution in [0.1, 0.15) is 0 Å². The first-order valence-electron chi connectivity index (χ1n) is 3.89. The van der Waals surface area contributed by atoms with Crippen molar-refractivity contribution < 1.29 is 49.8 Å². The van der Waals surface area contributed by atoms with E-state index in [-0.39, 0.29) is 0 Å². The summed E-state index contributed by atoms with van der Waals surface area (Å²) < 4.78 is 0. The molecular formula is C8H8O10. The second-order valence-corrected chi connectivity index (χ2v) is 2.43. The molecule has 0 saturated heterocycles. The molecule has 0 rings (SSSR count). The third-order valence-corrected chi connectivity index (χ3v) is 1.08. The SMILES string of the molecule is O=C(O)C#CC(=O)O.O=C(O)C(O)C(O)C(=O)O. The standard InChI is InChI=1S/C4H6O6.C4H2O4/c5-1(3(7)8)2(6)4(9)10;5-3(6)1-2-4(7)8/h1-2,5-6H,(H,7,8)(H,9,10);(H,5,6)(H,7,8). The van der Waals surface area contributed by atoms with E-state index in [1.165, 1.54) is 11.8 Å². The van der Waals surface area contributed by atoms with E-state index in [4.69, 9.17) is 30.6 Å². The Balaban J connectivity index is 0. The Bertz CT molecular complexity index is 364. The molecule has 18 heavy (non-hydrogen) atoms. The molecule has 0 aromatic carbocycles. The molecule has 0 bridgehead atoms. The first kappa shape index (κ1) is 17.7. The largest absolute Gasteiger partial charge is 0.479 e. The molecule has 0 fully saturated rings. The van der Waals surface area contributed by atoms with Crippen LogP contribution in [0.3, 0.4) is 0 Å². The van der Waals surface area contributed by atoms with Crippen molar-refractivity contribution in [1.29, 1.82) is 0 Å². The molecule has 0 heterocycles. The summed E-state index contributed by atoms with van der Waals surface area (Å²) in [5.74, 6) is -3.59. The molecular weight excluding hydrogens is 256 g/mol. The molecule has 0 radical (unpaired) electrons. The van der Waals surface area contributed by atoms with Crippen molar-refractivity contribution in [3.05, 3.63) is 0 Å². The molecule has 6 N–H and O–H groups in total. The number of carboxylic acid groups (broad SMARTS) is 4. The molecule has 0 aliphatic carbocycles. The van der Waals surface area contributed by atoms with Crippen LogP contribution in [0.5, 0.6) is 0 Å². The highest BCUT2D eigenvalue weighted by Gasteiger charge is 2.29. The van der Waals surface area contributed by atoms with Crippen LogP contribution in [0.25, 0.3) is 0 Å². The highest BCUT2D eigenvalue weighted by Crippen LogP contribution is 1.92. The van der Waals surface area contributed by atoms with E-state index in [0.29, 0.717) is 0 Å². The fourth-order valence-electron chi connectivity index (χ4n) is 0.377. The van der Waals surface area contributed by atoms with Gasteiger partial charge < -0.3 is 30.6 Å². The van der Waals surface area contributed by atoms with E-state index in [2.05, 4.69) is 0 Å². The molecule has 10 heteroatoms. The zero-order valence-electron chi connectivity index (χ0n) is 8.47. The van der Waals surface area contributed by atoms with Crippen LogP contribution in [-0.4, -0.2) is 66.7 Å². The molecule has 0 aliphatic rings. The van der Waals surface area contributed by atoms with Crippen LogP contribution in [0.4, 0.5) is 0 Å². The van der Waals surface area contributed by atoms with E-state index < -0.39 is 36.1 Å². The smallest absolute Gasteiger partial charge is 0.382 e. The number of aliphatic hydroxyl groups excluding tert-OH is 2. The molecule has 10 nitrogen and oxygen atoms in total.